The van der Waals surface area contributed by atoms with E-state index in [2.05, 4.69) is 22.6 Å². The van der Waals surface area contributed by atoms with E-state index in [0.29, 0.717) is 11.5 Å². The number of hydrogen-bond acceptors (Lipinski definition) is 5. The summed E-state index contributed by atoms with van der Waals surface area (Å²) in [6, 6.07) is 13.8. The highest BCUT2D eigenvalue weighted by Gasteiger charge is 2.24. The highest BCUT2D eigenvalue weighted by molar-refractivity contribution is 7.99. The van der Waals surface area contributed by atoms with Crippen molar-refractivity contribution in [3.05, 3.63) is 59.1 Å². The summed E-state index contributed by atoms with van der Waals surface area (Å²) in [6.07, 6.45) is 0.920. The maximum absolute atomic E-state index is 12.5. The van der Waals surface area contributed by atoms with Gasteiger partial charge in [0.2, 0.25) is 0 Å². The quantitative estimate of drug-likeness (QED) is 0.768. The van der Waals surface area contributed by atoms with Crippen LogP contribution in [0.3, 0.4) is 0 Å². The lowest BCUT2D eigenvalue weighted by Crippen LogP contribution is -2.30. The molecule has 23 heavy (non-hydrogen) atoms. The van der Waals surface area contributed by atoms with E-state index in [9.17, 15) is 4.79 Å². The van der Waals surface area contributed by atoms with Gasteiger partial charge in [0, 0.05) is 16.7 Å². The van der Waals surface area contributed by atoms with Gasteiger partial charge in [0.15, 0.2) is 11.5 Å². The van der Waals surface area contributed by atoms with E-state index in [1.165, 1.54) is 10.5 Å². The van der Waals surface area contributed by atoms with E-state index in [4.69, 9.17) is 4.52 Å². The number of aromatic nitrogens is 1. The molecule has 0 saturated carbocycles. The number of rotatable bonds is 3. The van der Waals surface area contributed by atoms with Crippen molar-refractivity contribution in [2.45, 2.75) is 17.4 Å². The highest BCUT2D eigenvalue weighted by atomic mass is 32.2. The number of hydrogen-bond donors (Lipinski definition) is 1. The maximum Gasteiger partial charge on any atom is 0.273 e. The van der Waals surface area contributed by atoms with E-state index in [0.717, 1.165) is 17.1 Å². The fraction of sp³-hybridized carbons (Fsp3) is 0.176. The third-order valence-electron chi connectivity index (χ3n) is 3.77. The summed E-state index contributed by atoms with van der Waals surface area (Å²) in [7, 11) is 0. The van der Waals surface area contributed by atoms with E-state index in [1.807, 2.05) is 41.4 Å². The first-order chi connectivity index (χ1) is 11.3. The van der Waals surface area contributed by atoms with Crippen LogP contribution in [0.2, 0.25) is 0 Å². The van der Waals surface area contributed by atoms with Crippen molar-refractivity contribution in [3.8, 4) is 10.6 Å². The SMILES string of the molecule is O=C(N[C@@H]1CCSc2ccccc21)c1cc(-c2cccs2)on1. The maximum atomic E-state index is 12.5. The summed E-state index contributed by atoms with van der Waals surface area (Å²) >= 11 is 3.39. The molecule has 6 heteroatoms. The summed E-state index contributed by atoms with van der Waals surface area (Å²) in [5, 5.41) is 8.95. The largest absolute Gasteiger partial charge is 0.355 e. The first-order valence-electron chi connectivity index (χ1n) is 7.34. The minimum Gasteiger partial charge on any atom is -0.355 e. The van der Waals surface area contributed by atoms with Gasteiger partial charge < -0.3 is 9.84 Å². The molecule has 0 radical (unpaired) electrons. The van der Waals surface area contributed by atoms with Crippen LogP contribution in [0.25, 0.3) is 10.6 Å². The Labute approximate surface area is 141 Å². The van der Waals surface area contributed by atoms with Gasteiger partial charge in [-0.05, 0) is 29.5 Å². The Kier molecular flexibility index (Phi) is 3.93. The van der Waals surface area contributed by atoms with E-state index >= 15 is 0 Å². The molecule has 1 aliphatic heterocycles. The predicted molar refractivity (Wildman–Crippen MR) is 91.8 cm³/mol. The molecule has 116 valence electrons. The summed E-state index contributed by atoms with van der Waals surface area (Å²) in [6.45, 7) is 0. The molecule has 4 rings (SSSR count). The minimum absolute atomic E-state index is 0.0295. The van der Waals surface area contributed by atoms with E-state index < -0.39 is 0 Å². The summed E-state index contributed by atoms with van der Waals surface area (Å²) < 4.78 is 5.28. The highest BCUT2D eigenvalue weighted by Crippen LogP contribution is 2.36. The van der Waals surface area contributed by atoms with Crippen LogP contribution in [0.15, 0.2) is 57.3 Å². The van der Waals surface area contributed by atoms with Gasteiger partial charge in [0.25, 0.3) is 5.91 Å². The van der Waals surface area contributed by atoms with Crippen molar-refractivity contribution in [1.29, 1.82) is 0 Å². The molecule has 0 spiro atoms. The number of benzene rings is 1. The molecule has 3 heterocycles. The first-order valence-corrected chi connectivity index (χ1v) is 9.21. The monoisotopic (exact) mass is 342 g/mol. The Morgan fingerprint density at radius 3 is 3.04 bits per heavy atom. The number of amides is 1. The summed E-state index contributed by atoms with van der Waals surface area (Å²) in [4.78, 5) is 14.7. The number of nitrogens with one attached hydrogen (secondary N) is 1. The van der Waals surface area contributed by atoms with E-state index in [1.54, 1.807) is 17.4 Å². The Balaban J connectivity index is 1.53. The zero-order chi connectivity index (χ0) is 15.6. The van der Waals surface area contributed by atoms with Gasteiger partial charge >= 0.3 is 0 Å². The number of carbonyl (C=O) groups excluding carboxylic acids is 1. The normalized spacial score (nSPS) is 16.8. The minimum atomic E-state index is -0.191. The van der Waals surface area contributed by atoms with Gasteiger partial charge in [-0.3, -0.25) is 4.79 Å². The van der Waals surface area contributed by atoms with Crippen LogP contribution in [-0.4, -0.2) is 16.8 Å². The van der Waals surface area contributed by atoms with Gasteiger partial charge in [0.1, 0.15) is 0 Å². The molecule has 3 aromatic rings. The molecule has 0 bridgehead atoms. The molecule has 0 unspecified atom stereocenters. The van der Waals surface area contributed by atoms with Gasteiger partial charge in [-0.2, -0.15) is 0 Å². The third kappa shape index (κ3) is 2.92. The molecule has 4 nitrogen and oxygen atoms in total. The van der Waals surface area contributed by atoms with Crippen LogP contribution in [-0.2, 0) is 0 Å². The topological polar surface area (TPSA) is 55.1 Å². The lowest BCUT2D eigenvalue weighted by Gasteiger charge is -2.25. The van der Waals surface area contributed by atoms with Crippen LogP contribution in [0.4, 0.5) is 0 Å². The molecule has 1 N–H and O–H groups in total. The Bertz CT molecular complexity index is 827. The Hall–Kier alpha value is -2.05. The first kappa shape index (κ1) is 14.5. The van der Waals surface area contributed by atoms with Crippen molar-refractivity contribution in [1.82, 2.24) is 10.5 Å². The number of thioether (sulfide) groups is 1. The van der Waals surface area contributed by atoms with Crippen molar-refractivity contribution >= 4 is 29.0 Å². The van der Waals surface area contributed by atoms with Gasteiger partial charge in [-0.25, -0.2) is 0 Å². The summed E-state index contributed by atoms with van der Waals surface area (Å²) in [5.74, 6) is 1.44. The number of thiophene rings is 1. The summed E-state index contributed by atoms with van der Waals surface area (Å²) in [5.41, 5.74) is 1.50. The average molecular weight is 342 g/mol. The predicted octanol–water partition coefficient (Wildman–Crippen LogP) is 4.37. The van der Waals surface area contributed by atoms with Gasteiger partial charge in [0.05, 0.1) is 10.9 Å². The Morgan fingerprint density at radius 2 is 2.17 bits per heavy atom. The molecular formula is C17H14N2O2S2. The van der Waals surface area contributed by atoms with Crippen molar-refractivity contribution < 1.29 is 9.32 Å². The van der Waals surface area contributed by atoms with Crippen LogP contribution in [0.5, 0.6) is 0 Å². The second-order valence-electron chi connectivity index (χ2n) is 5.25. The third-order valence-corrected chi connectivity index (χ3v) is 5.78. The van der Waals surface area contributed by atoms with Crippen LogP contribution in [0, 0.1) is 0 Å². The molecule has 1 amide bonds. The lowest BCUT2D eigenvalue weighted by atomic mass is 10.0. The second-order valence-corrected chi connectivity index (χ2v) is 7.34. The smallest absolute Gasteiger partial charge is 0.273 e. The zero-order valence-electron chi connectivity index (χ0n) is 12.2. The fourth-order valence-electron chi connectivity index (χ4n) is 2.64. The molecule has 0 saturated heterocycles. The molecule has 0 fully saturated rings. The number of nitrogens with zero attached hydrogens (tertiary/aromatic N) is 1. The zero-order valence-corrected chi connectivity index (χ0v) is 13.8. The lowest BCUT2D eigenvalue weighted by molar-refractivity contribution is 0.0926. The molecule has 1 aliphatic rings. The standard InChI is InChI=1S/C17H14N2O2S2/c20-17(13-10-14(21-19-13)16-6-3-8-22-16)18-12-7-9-23-15-5-2-1-4-11(12)15/h1-6,8,10,12H,7,9H2,(H,18,20)/t12-/m1/s1. The van der Waals surface area contributed by atoms with Crippen LogP contribution < -0.4 is 5.32 Å². The molecule has 1 aromatic carbocycles. The van der Waals surface area contributed by atoms with Gasteiger partial charge in [-0.1, -0.05) is 29.4 Å². The van der Waals surface area contributed by atoms with Crippen LogP contribution in [0.1, 0.15) is 28.5 Å². The Morgan fingerprint density at radius 1 is 1.26 bits per heavy atom. The van der Waals surface area contributed by atoms with Crippen molar-refractivity contribution in [2.24, 2.45) is 0 Å². The molecular weight excluding hydrogens is 328 g/mol. The average Bonchev–Trinajstić information content (AvgIpc) is 3.26. The molecule has 2 aromatic heterocycles. The number of fused-ring (bicyclic) bond motifs is 1. The van der Waals surface area contributed by atoms with Gasteiger partial charge in [-0.15, -0.1) is 23.1 Å². The van der Waals surface area contributed by atoms with Crippen molar-refractivity contribution in [3.63, 3.8) is 0 Å². The second kappa shape index (κ2) is 6.22. The van der Waals surface area contributed by atoms with Crippen molar-refractivity contribution in [2.75, 3.05) is 5.75 Å². The molecule has 1 atom stereocenters. The molecule has 0 aliphatic carbocycles. The number of carbonyl (C=O) groups is 1. The van der Waals surface area contributed by atoms with E-state index in [-0.39, 0.29) is 11.9 Å². The van der Waals surface area contributed by atoms with Crippen LogP contribution >= 0.6 is 23.1 Å². The fourth-order valence-corrected chi connectivity index (χ4v) is 4.44.